The monoisotopic (exact) mass is 403 g/mol. The molecule has 0 spiro atoms. The number of hydrogen-bond acceptors (Lipinski definition) is 4. The summed E-state index contributed by atoms with van der Waals surface area (Å²) in [6.07, 6.45) is 0.969. The average molecular weight is 403 g/mol. The van der Waals surface area contributed by atoms with Gasteiger partial charge in [0.25, 0.3) is 0 Å². The van der Waals surface area contributed by atoms with Crippen molar-refractivity contribution in [3.63, 3.8) is 0 Å². The SMILES string of the molecule is CC(=O)c1ccc(Cn2cc(NC(=O)C=Cc3cccc(C(F)(F)F)c3)cn2)o1. The summed E-state index contributed by atoms with van der Waals surface area (Å²) in [7, 11) is 0. The summed E-state index contributed by atoms with van der Waals surface area (Å²) in [5.41, 5.74) is -0.126. The van der Waals surface area contributed by atoms with Gasteiger partial charge in [-0.05, 0) is 35.9 Å². The third-order valence-corrected chi connectivity index (χ3v) is 3.87. The highest BCUT2D eigenvalue weighted by Gasteiger charge is 2.30. The Labute approximate surface area is 163 Å². The van der Waals surface area contributed by atoms with E-state index in [0.29, 0.717) is 11.4 Å². The smallest absolute Gasteiger partial charge is 0.416 e. The Morgan fingerprint density at radius 2 is 2.03 bits per heavy atom. The summed E-state index contributed by atoms with van der Waals surface area (Å²) in [6, 6.07) is 7.90. The van der Waals surface area contributed by atoms with Crippen LogP contribution in [0, 0.1) is 0 Å². The fraction of sp³-hybridized carbons (Fsp3) is 0.150. The van der Waals surface area contributed by atoms with E-state index < -0.39 is 17.6 Å². The van der Waals surface area contributed by atoms with E-state index in [1.165, 1.54) is 36.0 Å². The normalized spacial score (nSPS) is 11.7. The van der Waals surface area contributed by atoms with Crippen molar-refractivity contribution in [3.05, 3.63) is 77.5 Å². The van der Waals surface area contributed by atoms with Crippen molar-refractivity contribution in [2.75, 3.05) is 5.32 Å². The van der Waals surface area contributed by atoms with Gasteiger partial charge in [-0.1, -0.05) is 12.1 Å². The number of halogens is 3. The van der Waals surface area contributed by atoms with Gasteiger partial charge in [0.05, 0.1) is 24.0 Å². The van der Waals surface area contributed by atoms with Gasteiger partial charge in [-0.15, -0.1) is 0 Å². The Morgan fingerprint density at radius 1 is 1.24 bits per heavy atom. The van der Waals surface area contributed by atoms with E-state index in [-0.39, 0.29) is 23.7 Å². The first-order valence-corrected chi connectivity index (χ1v) is 8.49. The van der Waals surface area contributed by atoms with Gasteiger partial charge < -0.3 is 9.73 Å². The molecule has 0 radical (unpaired) electrons. The molecule has 0 aliphatic heterocycles. The number of nitrogens with one attached hydrogen (secondary N) is 1. The summed E-state index contributed by atoms with van der Waals surface area (Å²) in [4.78, 5) is 23.2. The average Bonchev–Trinajstić information content (AvgIpc) is 3.30. The molecule has 2 aromatic heterocycles. The highest BCUT2D eigenvalue weighted by molar-refractivity contribution is 6.01. The predicted molar refractivity (Wildman–Crippen MR) is 99.1 cm³/mol. The molecule has 29 heavy (non-hydrogen) atoms. The van der Waals surface area contributed by atoms with Gasteiger partial charge in [0.2, 0.25) is 5.91 Å². The predicted octanol–water partition coefficient (Wildman–Crippen LogP) is 4.40. The number of amides is 1. The molecule has 2 heterocycles. The number of hydrogen-bond donors (Lipinski definition) is 1. The van der Waals surface area contributed by atoms with E-state index >= 15 is 0 Å². The first kappa shape index (κ1) is 20.1. The molecule has 1 amide bonds. The Morgan fingerprint density at radius 3 is 2.72 bits per heavy atom. The van der Waals surface area contributed by atoms with Crippen molar-refractivity contribution in [2.45, 2.75) is 19.6 Å². The first-order chi connectivity index (χ1) is 13.7. The third kappa shape index (κ3) is 5.44. The first-order valence-electron chi connectivity index (χ1n) is 8.49. The molecule has 1 aromatic carbocycles. The molecule has 150 valence electrons. The maximum atomic E-state index is 12.7. The second-order valence-corrected chi connectivity index (χ2v) is 6.19. The Balaban J connectivity index is 1.60. The lowest BCUT2D eigenvalue weighted by Gasteiger charge is -2.06. The van der Waals surface area contributed by atoms with Gasteiger partial charge in [-0.25, -0.2) is 0 Å². The number of rotatable bonds is 6. The number of ketones is 1. The molecule has 0 fully saturated rings. The molecule has 0 saturated heterocycles. The molecule has 6 nitrogen and oxygen atoms in total. The molecule has 0 bridgehead atoms. The van der Waals surface area contributed by atoms with Crippen LogP contribution < -0.4 is 5.32 Å². The second-order valence-electron chi connectivity index (χ2n) is 6.19. The number of anilines is 1. The topological polar surface area (TPSA) is 77.1 Å². The molecule has 0 aliphatic rings. The molecule has 0 aliphatic carbocycles. The number of nitrogens with zero attached hydrogens (tertiary/aromatic N) is 2. The van der Waals surface area contributed by atoms with Crippen LogP contribution in [-0.2, 0) is 17.5 Å². The van der Waals surface area contributed by atoms with Crippen molar-refractivity contribution in [1.82, 2.24) is 9.78 Å². The number of carbonyl (C=O) groups is 2. The zero-order valence-corrected chi connectivity index (χ0v) is 15.2. The number of benzene rings is 1. The van der Waals surface area contributed by atoms with Crippen molar-refractivity contribution in [2.24, 2.45) is 0 Å². The number of aromatic nitrogens is 2. The summed E-state index contributed by atoms with van der Waals surface area (Å²) < 4.78 is 45.0. The van der Waals surface area contributed by atoms with Crippen LogP contribution in [0.2, 0.25) is 0 Å². The number of alkyl halides is 3. The molecule has 0 unspecified atom stereocenters. The van der Waals surface area contributed by atoms with Crippen LogP contribution >= 0.6 is 0 Å². The fourth-order valence-corrected chi connectivity index (χ4v) is 2.50. The largest absolute Gasteiger partial charge is 0.456 e. The van der Waals surface area contributed by atoms with Crippen LogP contribution in [-0.4, -0.2) is 21.5 Å². The van der Waals surface area contributed by atoms with Crippen molar-refractivity contribution < 1.29 is 27.2 Å². The maximum absolute atomic E-state index is 12.7. The highest BCUT2D eigenvalue weighted by Crippen LogP contribution is 2.29. The van der Waals surface area contributed by atoms with Crippen LogP contribution in [0.5, 0.6) is 0 Å². The second kappa shape index (κ2) is 8.17. The van der Waals surface area contributed by atoms with E-state index in [1.54, 1.807) is 18.3 Å². The van der Waals surface area contributed by atoms with Gasteiger partial charge in [0.15, 0.2) is 11.5 Å². The summed E-state index contributed by atoms with van der Waals surface area (Å²) in [5.74, 6) is 0.0806. The van der Waals surface area contributed by atoms with E-state index in [2.05, 4.69) is 10.4 Å². The number of Topliss-reactive ketones (excluding diaryl/α,β-unsaturated/α-hetero) is 1. The van der Waals surface area contributed by atoms with Crippen LogP contribution in [0.1, 0.15) is 34.4 Å². The summed E-state index contributed by atoms with van der Waals surface area (Å²) >= 11 is 0. The van der Waals surface area contributed by atoms with E-state index in [1.807, 2.05) is 0 Å². The minimum Gasteiger partial charge on any atom is -0.456 e. The van der Waals surface area contributed by atoms with E-state index in [9.17, 15) is 22.8 Å². The Bertz CT molecular complexity index is 1060. The zero-order valence-electron chi connectivity index (χ0n) is 15.2. The third-order valence-electron chi connectivity index (χ3n) is 3.87. The van der Waals surface area contributed by atoms with Gasteiger partial charge in [-0.3, -0.25) is 14.3 Å². The quantitative estimate of drug-likeness (QED) is 0.489. The van der Waals surface area contributed by atoms with Gasteiger partial charge in [0, 0.05) is 19.2 Å². The molecule has 9 heteroatoms. The summed E-state index contributed by atoms with van der Waals surface area (Å²) in [6.45, 7) is 1.67. The van der Waals surface area contributed by atoms with Crippen molar-refractivity contribution >= 4 is 23.5 Å². The Kier molecular flexibility index (Phi) is 5.67. The van der Waals surface area contributed by atoms with Crippen LogP contribution in [0.25, 0.3) is 6.08 Å². The lowest BCUT2D eigenvalue weighted by atomic mass is 10.1. The number of furan rings is 1. The molecular weight excluding hydrogens is 387 g/mol. The Hall–Kier alpha value is -3.62. The zero-order chi connectivity index (χ0) is 21.0. The summed E-state index contributed by atoms with van der Waals surface area (Å²) in [5, 5.41) is 6.65. The van der Waals surface area contributed by atoms with Crippen LogP contribution in [0.4, 0.5) is 18.9 Å². The van der Waals surface area contributed by atoms with Crippen LogP contribution in [0.15, 0.2) is 59.3 Å². The van der Waals surface area contributed by atoms with Gasteiger partial charge in [-0.2, -0.15) is 18.3 Å². The fourth-order valence-electron chi connectivity index (χ4n) is 2.50. The highest BCUT2D eigenvalue weighted by atomic mass is 19.4. The van der Waals surface area contributed by atoms with Crippen molar-refractivity contribution in [1.29, 1.82) is 0 Å². The van der Waals surface area contributed by atoms with Gasteiger partial charge in [0.1, 0.15) is 5.76 Å². The lowest BCUT2D eigenvalue weighted by molar-refractivity contribution is -0.137. The molecule has 0 saturated carbocycles. The van der Waals surface area contributed by atoms with Crippen LogP contribution in [0.3, 0.4) is 0 Å². The minimum absolute atomic E-state index is 0.183. The maximum Gasteiger partial charge on any atom is 0.416 e. The van der Waals surface area contributed by atoms with Gasteiger partial charge >= 0.3 is 6.18 Å². The molecule has 0 atom stereocenters. The minimum atomic E-state index is -4.44. The molecular formula is C20H16F3N3O3. The van der Waals surface area contributed by atoms with E-state index in [0.717, 1.165) is 18.2 Å². The van der Waals surface area contributed by atoms with E-state index in [4.69, 9.17) is 4.42 Å². The molecule has 3 rings (SSSR count). The van der Waals surface area contributed by atoms with Crippen molar-refractivity contribution in [3.8, 4) is 0 Å². The molecule has 1 N–H and O–H groups in total. The standard InChI is InChI=1S/C20H16F3N3O3/c1-13(27)18-7-6-17(29-18)12-26-11-16(10-24-26)25-19(28)8-5-14-3-2-4-15(9-14)20(21,22)23/h2-11H,12H2,1H3,(H,25,28). The number of carbonyl (C=O) groups excluding carboxylic acids is 2. The lowest BCUT2D eigenvalue weighted by Crippen LogP contribution is -2.07. The molecule has 3 aromatic rings.